The van der Waals surface area contributed by atoms with Crippen LogP contribution < -0.4 is 0 Å². The molecule has 3 aliphatic rings. The molecule has 1 spiro atoms. The zero-order valence-electron chi connectivity index (χ0n) is 22.3. The van der Waals surface area contributed by atoms with Crippen molar-refractivity contribution in [1.82, 2.24) is 0 Å². The predicted octanol–water partition coefficient (Wildman–Crippen LogP) is 5.56. The van der Waals surface area contributed by atoms with Crippen LogP contribution in [0.2, 0.25) is 0 Å². The lowest BCUT2D eigenvalue weighted by Crippen LogP contribution is -2.64. The fourth-order valence-corrected chi connectivity index (χ4v) is 6.13. The van der Waals surface area contributed by atoms with Crippen molar-refractivity contribution in [3.63, 3.8) is 0 Å². The van der Waals surface area contributed by atoms with Gasteiger partial charge in [-0.15, -0.1) is 0 Å². The maximum atomic E-state index is 11.7. The summed E-state index contributed by atoms with van der Waals surface area (Å²) < 4.78 is 33.0. The number of hydrogen-bond donors (Lipinski definition) is 1. The predicted molar refractivity (Wildman–Crippen MR) is 147 cm³/mol. The van der Waals surface area contributed by atoms with Crippen molar-refractivity contribution in [2.24, 2.45) is 0 Å². The molecule has 3 aromatic rings. The molecule has 1 aliphatic heterocycles. The van der Waals surface area contributed by atoms with E-state index in [1.54, 1.807) is 0 Å². The highest BCUT2D eigenvalue weighted by atomic mass is 16.8. The van der Waals surface area contributed by atoms with Gasteiger partial charge < -0.3 is 28.8 Å². The highest BCUT2D eigenvalue weighted by Gasteiger charge is 2.61. The zero-order valence-corrected chi connectivity index (χ0v) is 22.3. The van der Waals surface area contributed by atoms with E-state index in [0.29, 0.717) is 19.8 Å². The van der Waals surface area contributed by atoms with E-state index >= 15 is 0 Å². The van der Waals surface area contributed by atoms with Crippen molar-refractivity contribution < 1.29 is 28.8 Å². The third kappa shape index (κ3) is 6.12. The van der Waals surface area contributed by atoms with Crippen LogP contribution in [0.5, 0.6) is 0 Å². The number of benzene rings is 3. The Hall–Kier alpha value is -2.58. The maximum Gasteiger partial charge on any atom is 0.169 e. The Morgan fingerprint density at radius 2 is 1.00 bits per heavy atom. The molecule has 6 rings (SSSR count). The first-order valence-electron chi connectivity index (χ1n) is 14.2. The SMILES string of the molecule is O[C@@H]1[C@@H](OCc2ccccc2)[C@H](OCc2ccccc2)[C@@H](OCc2ccccc2)[C@H]2OC3(CCCCC3)O[C@H]12. The summed E-state index contributed by atoms with van der Waals surface area (Å²) in [6.45, 7) is 1.12. The lowest BCUT2D eigenvalue weighted by molar-refractivity contribution is -0.241. The van der Waals surface area contributed by atoms with Gasteiger partial charge in [0, 0.05) is 12.8 Å². The average molecular weight is 531 g/mol. The molecule has 6 atom stereocenters. The van der Waals surface area contributed by atoms with Gasteiger partial charge in [-0.1, -0.05) is 97.4 Å². The quantitative estimate of drug-likeness (QED) is 0.391. The number of rotatable bonds is 9. The lowest BCUT2D eigenvalue weighted by Gasteiger charge is -2.45. The molecule has 206 valence electrons. The van der Waals surface area contributed by atoms with Gasteiger partial charge in [0.05, 0.1) is 19.8 Å². The third-order valence-electron chi connectivity index (χ3n) is 8.14. The number of ether oxygens (including phenoxy) is 5. The Labute approximate surface area is 230 Å². The van der Waals surface area contributed by atoms with Crippen LogP contribution in [-0.4, -0.2) is 47.5 Å². The summed E-state index contributed by atoms with van der Waals surface area (Å²) in [6.07, 6.45) is 1.29. The standard InChI is InChI=1S/C33H38O6/c34-27-28(35-21-24-13-5-1-6-14-24)30(36-22-25-15-7-2-8-16-25)31(37-23-26-17-9-3-10-18-26)32-29(27)38-33(39-32)19-11-4-12-20-33/h1-3,5-10,13-18,27-32,34H,4,11-12,19-23H2/t27-,28-,29-,30+,31-,32+/m1/s1. The summed E-state index contributed by atoms with van der Waals surface area (Å²) in [5.41, 5.74) is 3.14. The maximum absolute atomic E-state index is 11.7. The number of fused-ring (bicyclic) bond motifs is 1. The molecule has 3 aromatic carbocycles. The second-order valence-electron chi connectivity index (χ2n) is 10.9. The molecule has 0 bridgehead atoms. The summed E-state index contributed by atoms with van der Waals surface area (Å²) >= 11 is 0. The summed E-state index contributed by atoms with van der Waals surface area (Å²) in [5.74, 6) is -0.679. The van der Waals surface area contributed by atoms with Gasteiger partial charge in [-0.3, -0.25) is 0 Å². The summed E-state index contributed by atoms with van der Waals surface area (Å²) in [4.78, 5) is 0. The van der Waals surface area contributed by atoms with Crippen LogP contribution in [0.1, 0.15) is 48.8 Å². The summed E-state index contributed by atoms with van der Waals surface area (Å²) in [6, 6.07) is 30.2. The molecular weight excluding hydrogens is 492 g/mol. The minimum absolute atomic E-state index is 0.350. The summed E-state index contributed by atoms with van der Waals surface area (Å²) in [5, 5.41) is 11.7. The van der Waals surface area contributed by atoms with Gasteiger partial charge in [0.25, 0.3) is 0 Å². The number of hydrogen-bond acceptors (Lipinski definition) is 6. The third-order valence-corrected chi connectivity index (χ3v) is 8.14. The van der Waals surface area contributed by atoms with E-state index in [2.05, 4.69) is 0 Å². The van der Waals surface area contributed by atoms with E-state index in [4.69, 9.17) is 23.7 Å². The first-order valence-corrected chi connectivity index (χ1v) is 14.2. The van der Waals surface area contributed by atoms with Crippen molar-refractivity contribution in [1.29, 1.82) is 0 Å². The largest absolute Gasteiger partial charge is 0.387 e. The number of aliphatic hydroxyl groups is 1. The first kappa shape index (κ1) is 26.6. The second kappa shape index (κ2) is 12.3. The molecule has 6 nitrogen and oxygen atoms in total. The van der Waals surface area contributed by atoms with Gasteiger partial charge in [-0.25, -0.2) is 0 Å². The Balaban J connectivity index is 1.30. The van der Waals surface area contributed by atoms with E-state index in [-0.39, 0.29) is 0 Å². The fourth-order valence-electron chi connectivity index (χ4n) is 6.13. The normalized spacial score (nSPS) is 29.8. The van der Waals surface area contributed by atoms with Crippen LogP contribution in [-0.2, 0) is 43.5 Å². The van der Waals surface area contributed by atoms with Crippen molar-refractivity contribution in [2.45, 2.75) is 94.3 Å². The van der Waals surface area contributed by atoms with Crippen LogP contribution in [0.15, 0.2) is 91.0 Å². The molecule has 39 heavy (non-hydrogen) atoms. The minimum atomic E-state index is -0.919. The van der Waals surface area contributed by atoms with Gasteiger partial charge in [-0.05, 0) is 29.5 Å². The Bertz CT molecular complexity index is 1150. The topological polar surface area (TPSA) is 66.4 Å². The smallest absolute Gasteiger partial charge is 0.169 e. The van der Waals surface area contributed by atoms with Crippen LogP contribution in [0.3, 0.4) is 0 Å². The molecule has 2 saturated carbocycles. The Morgan fingerprint density at radius 3 is 1.51 bits per heavy atom. The molecule has 2 aliphatic carbocycles. The molecule has 0 radical (unpaired) electrons. The fraction of sp³-hybridized carbons (Fsp3) is 0.455. The Kier molecular flexibility index (Phi) is 8.40. The second-order valence-corrected chi connectivity index (χ2v) is 10.9. The zero-order chi connectivity index (χ0) is 26.5. The Morgan fingerprint density at radius 1 is 0.564 bits per heavy atom. The van der Waals surface area contributed by atoms with E-state index in [1.807, 2.05) is 91.0 Å². The van der Waals surface area contributed by atoms with Gasteiger partial charge in [0.2, 0.25) is 0 Å². The molecule has 0 aromatic heterocycles. The molecule has 1 heterocycles. The molecular formula is C33H38O6. The molecule has 0 amide bonds. The van der Waals surface area contributed by atoms with Gasteiger partial charge in [-0.2, -0.15) is 0 Å². The monoisotopic (exact) mass is 530 g/mol. The van der Waals surface area contributed by atoms with Crippen LogP contribution in [0, 0.1) is 0 Å². The number of aliphatic hydroxyl groups excluding tert-OH is 1. The van der Waals surface area contributed by atoms with Gasteiger partial charge in [0.15, 0.2) is 5.79 Å². The van der Waals surface area contributed by atoms with Crippen LogP contribution in [0.25, 0.3) is 0 Å². The average Bonchev–Trinajstić information content (AvgIpc) is 3.35. The van der Waals surface area contributed by atoms with E-state index in [1.165, 1.54) is 6.42 Å². The van der Waals surface area contributed by atoms with Crippen molar-refractivity contribution in [2.75, 3.05) is 0 Å². The molecule has 6 heteroatoms. The lowest BCUT2D eigenvalue weighted by atomic mass is 9.84. The van der Waals surface area contributed by atoms with Crippen molar-refractivity contribution in [3.05, 3.63) is 108 Å². The molecule has 3 fully saturated rings. The van der Waals surface area contributed by atoms with Crippen LogP contribution in [0.4, 0.5) is 0 Å². The molecule has 1 N–H and O–H groups in total. The van der Waals surface area contributed by atoms with Crippen molar-refractivity contribution in [3.8, 4) is 0 Å². The van der Waals surface area contributed by atoms with Gasteiger partial charge in [0.1, 0.15) is 36.6 Å². The first-order chi connectivity index (χ1) is 19.2. The summed E-state index contributed by atoms with van der Waals surface area (Å²) in [7, 11) is 0. The van der Waals surface area contributed by atoms with Crippen LogP contribution >= 0.6 is 0 Å². The van der Waals surface area contributed by atoms with E-state index in [0.717, 1.165) is 42.4 Å². The van der Waals surface area contributed by atoms with E-state index < -0.39 is 42.4 Å². The highest BCUT2D eigenvalue weighted by molar-refractivity contribution is 5.17. The van der Waals surface area contributed by atoms with Crippen molar-refractivity contribution >= 4 is 0 Å². The van der Waals surface area contributed by atoms with E-state index in [9.17, 15) is 5.11 Å². The molecule has 0 unspecified atom stereocenters. The van der Waals surface area contributed by atoms with Gasteiger partial charge >= 0.3 is 0 Å². The minimum Gasteiger partial charge on any atom is -0.387 e. The molecule has 1 saturated heterocycles. The highest BCUT2D eigenvalue weighted by Crippen LogP contribution is 2.46.